The van der Waals surface area contributed by atoms with Gasteiger partial charge in [0.15, 0.2) is 6.61 Å². The third-order valence-electron chi connectivity index (χ3n) is 4.35. The Balaban J connectivity index is 1.55. The van der Waals surface area contributed by atoms with Gasteiger partial charge in [0.05, 0.1) is 0 Å². The van der Waals surface area contributed by atoms with Crippen LogP contribution in [-0.4, -0.2) is 63.3 Å². The minimum absolute atomic E-state index is 0.256. The first-order chi connectivity index (χ1) is 12.6. The Kier molecular flexibility index (Phi) is 8.50. The van der Waals surface area contributed by atoms with E-state index in [1.165, 1.54) is 7.05 Å². The largest absolute Gasteiger partial charge is 0.492 e. The Morgan fingerprint density at radius 2 is 1.92 bits per heavy atom. The summed E-state index contributed by atoms with van der Waals surface area (Å²) in [5.74, 6) is 0.925. The van der Waals surface area contributed by atoms with E-state index in [9.17, 15) is 9.59 Å². The van der Waals surface area contributed by atoms with Gasteiger partial charge in [-0.15, -0.1) is 0 Å². The molecule has 1 heterocycles. The first-order valence-corrected chi connectivity index (χ1v) is 9.16. The smallest absolute Gasteiger partial charge is 0.407 e. The highest BCUT2D eigenvalue weighted by Gasteiger charge is 2.20. The van der Waals surface area contributed by atoms with Crippen molar-refractivity contribution in [3.05, 3.63) is 29.3 Å². The molecule has 0 atom stereocenters. The van der Waals surface area contributed by atoms with E-state index in [1.54, 1.807) is 0 Å². The van der Waals surface area contributed by atoms with Crippen molar-refractivity contribution >= 4 is 23.6 Å². The third-order valence-corrected chi connectivity index (χ3v) is 4.60. The summed E-state index contributed by atoms with van der Waals surface area (Å²) in [6.45, 7) is 3.77. The number of ether oxygens (including phenoxy) is 2. The predicted molar refractivity (Wildman–Crippen MR) is 99.5 cm³/mol. The molecule has 0 aromatic heterocycles. The molecule has 1 fully saturated rings. The van der Waals surface area contributed by atoms with Crippen molar-refractivity contribution in [3.8, 4) is 5.75 Å². The SMILES string of the molecule is CNC(=O)COC(=O)NCC1CCN(CCOc2ccc(Cl)cc2)CC1. The number of likely N-dealkylation sites (N-methyl/N-ethyl adjacent to an activating group) is 1. The fraction of sp³-hybridized carbons (Fsp3) is 0.556. The summed E-state index contributed by atoms with van der Waals surface area (Å²) in [5.41, 5.74) is 0. The van der Waals surface area contributed by atoms with Crippen molar-refractivity contribution in [1.82, 2.24) is 15.5 Å². The number of carbonyl (C=O) groups excluding carboxylic acids is 2. The minimum Gasteiger partial charge on any atom is -0.492 e. The van der Waals surface area contributed by atoms with E-state index in [0.29, 0.717) is 24.1 Å². The predicted octanol–water partition coefficient (Wildman–Crippen LogP) is 1.90. The molecule has 1 aliphatic heterocycles. The maximum atomic E-state index is 11.5. The third kappa shape index (κ3) is 7.49. The van der Waals surface area contributed by atoms with Crippen LogP contribution in [0.5, 0.6) is 5.75 Å². The highest BCUT2D eigenvalue weighted by molar-refractivity contribution is 6.30. The van der Waals surface area contributed by atoms with E-state index < -0.39 is 6.09 Å². The molecule has 0 unspecified atom stereocenters. The van der Waals surface area contributed by atoms with Crippen molar-refractivity contribution < 1.29 is 19.1 Å². The van der Waals surface area contributed by atoms with E-state index in [4.69, 9.17) is 21.1 Å². The second-order valence-electron chi connectivity index (χ2n) is 6.22. The zero-order chi connectivity index (χ0) is 18.8. The number of alkyl carbamates (subject to hydrolysis) is 1. The number of benzene rings is 1. The van der Waals surface area contributed by atoms with Crippen LogP contribution in [0, 0.1) is 5.92 Å². The fourth-order valence-corrected chi connectivity index (χ4v) is 2.85. The molecule has 1 saturated heterocycles. The van der Waals surface area contributed by atoms with Crippen LogP contribution >= 0.6 is 11.6 Å². The molecule has 0 radical (unpaired) electrons. The number of halogens is 1. The standard InChI is InChI=1S/C18H26ClN3O4/c1-20-17(23)13-26-18(24)21-12-14-6-8-22(9-7-14)10-11-25-16-4-2-15(19)3-5-16/h2-5,14H,6-13H2,1H3,(H,20,23)(H,21,24). The second-order valence-corrected chi connectivity index (χ2v) is 6.65. The molecule has 7 nitrogen and oxygen atoms in total. The number of carbonyl (C=O) groups is 2. The summed E-state index contributed by atoms with van der Waals surface area (Å²) in [4.78, 5) is 24.9. The van der Waals surface area contributed by atoms with Gasteiger partial charge in [0, 0.05) is 25.2 Å². The molecule has 144 valence electrons. The van der Waals surface area contributed by atoms with Gasteiger partial charge in [0.25, 0.3) is 5.91 Å². The maximum Gasteiger partial charge on any atom is 0.407 e. The van der Waals surface area contributed by atoms with Gasteiger partial charge in [-0.05, 0) is 56.1 Å². The average Bonchev–Trinajstić information content (AvgIpc) is 2.67. The first kappa shape index (κ1) is 20.3. The number of nitrogens with one attached hydrogen (secondary N) is 2. The zero-order valence-electron chi connectivity index (χ0n) is 15.0. The Morgan fingerprint density at radius 1 is 1.23 bits per heavy atom. The molecule has 1 aliphatic rings. The molecule has 0 saturated carbocycles. The van der Waals surface area contributed by atoms with E-state index in [-0.39, 0.29) is 12.5 Å². The van der Waals surface area contributed by atoms with Crippen LogP contribution in [-0.2, 0) is 9.53 Å². The van der Waals surface area contributed by atoms with E-state index in [1.807, 2.05) is 24.3 Å². The number of nitrogens with zero attached hydrogens (tertiary/aromatic N) is 1. The van der Waals surface area contributed by atoms with Gasteiger partial charge in [-0.3, -0.25) is 9.69 Å². The number of hydrogen-bond acceptors (Lipinski definition) is 5. The quantitative estimate of drug-likeness (QED) is 0.716. The summed E-state index contributed by atoms with van der Waals surface area (Å²) in [6.07, 6.45) is 1.47. The molecular weight excluding hydrogens is 358 g/mol. The van der Waals surface area contributed by atoms with Gasteiger partial charge >= 0.3 is 6.09 Å². The van der Waals surface area contributed by atoms with Crippen LogP contribution < -0.4 is 15.4 Å². The monoisotopic (exact) mass is 383 g/mol. The Morgan fingerprint density at radius 3 is 2.58 bits per heavy atom. The van der Waals surface area contributed by atoms with Gasteiger partial charge in [-0.25, -0.2) is 4.79 Å². The molecule has 1 aromatic carbocycles. The van der Waals surface area contributed by atoms with Gasteiger partial charge in [-0.2, -0.15) is 0 Å². The highest BCUT2D eigenvalue weighted by atomic mass is 35.5. The van der Waals surface area contributed by atoms with Gasteiger partial charge < -0.3 is 20.1 Å². The summed E-state index contributed by atoms with van der Waals surface area (Å²) in [6, 6.07) is 7.36. The topological polar surface area (TPSA) is 79.9 Å². The zero-order valence-corrected chi connectivity index (χ0v) is 15.8. The van der Waals surface area contributed by atoms with Crippen LogP contribution in [0.15, 0.2) is 24.3 Å². The van der Waals surface area contributed by atoms with E-state index >= 15 is 0 Å². The Bertz CT molecular complexity index is 574. The second kappa shape index (κ2) is 10.9. The van der Waals surface area contributed by atoms with Gasteiger partial charge in [-0.1, -0.05) is 11.6 Å². The molecule has 2 N–H and O–H groups in total. The number of likely N-dealkylation sites (tertiary alicyclic amines) is 1. The molecule has 2 amide bonds. The molecule has 2 rings (SSSR count). The maximum absolute atomic E-state index is 11.5. The van der Waals surface area contributed by atoms with E-state index in [0.717, 1.165) is 38.2 Å². The summed E-state index contributed by atoms with van der Waals surface area (Å²) < 4.78 is 10.5. The van der Waals surface area contributed by atoms with Crippen molar-refractivity contribution in [3.63, 3.8) is 0 Å². The molecule has 26 heavy (non-hydrogen) atoms. The average molecular weight is 384 g/mol. The fourth-order valence-electron chi connectivity index (χ4n) is 2.72. The Labute approximate surface area is 159 Å². The lowest BCUT2D eigenvalue weighted by Gasteiger charge is -2.31. The lowest BCUT2D eigenvalue weighted by molar-refractivity contribution is -0.123. The number of hydrogen-bond donors (Lipinski definition) is 2. The normalized spacial score (nSPS) is 15.3. The van der Waals surface area contributed by atoms with Crippen molar-refractivity contribution in [2.75, 3.05) is 46.4 Å². The van der Waals surface area contributed by atoms with E-state index in [2.05, 4.69) is 15.5 Å². The number of piperidine rings is 1. The summed E-state index contributed by atoms with van der Waals surface area (Å²) in [5, 5.41) is 5.81. The molecule has 1 aromatic rings. The number of rotatable bonds is 8. The lowest BCUT2D eigenvalue weighted by Crippen LogP contribution is -2.40. The molecule has 8 heteroatoms. The van der Waals surface area contributed by atoms with Crippen LogP contribution in [0.2, 0.25) is 5.02 Å². The van der Waals surface area contributed by atoms with Crippen LogP contribution in [0.25, 0.3) is 0 Å². The van der Waals surface area contributed by atoms with Crippen LogP contribution in [0.4, 0.5) is 4.79 Å². The van der Waals surface area contributed by atoms with Gasteiger partial charge in [0.2, 0.25) is 0 Å². The highest BCUT2D eigenvalue weighted by Crippen LogP contribution is 2.17. The van der Waals surface area contributed by atoms with Crippen molar-refractivity contribution in [2.45, 2.75) is 12.8 Å². The van der Waals surface area contributed by atoms with Gasteiger partial charge in [0.1, 0.15) is 12.4 Å². The summed E-state index contributed by atoms with van der Waals surface area (Å²) in [7, 11) is 1.50. The minimum atomic E-state index is -0.549. The van der Waals surface area contributed by atoms with Crippen LogP contribution in [0.1, 0.15) is 12.8 Å². The Hall–Kier alpha value is -1.99. The molecular formula is C18H26ClN3O4. The molecule has 0 aliphatic carbocycles. The van der Waals surface area contributed by atoms with Crippen molar-refractivity contribution in [2.24, 2.45) is 5.92 Å². The summed E-state index contributed by atoms with van der Waals surface area (Å²) >= 11 is 5.85. The van der Waals surface area contributed by atoms with Crippen LogP contribution in [0.3, 0.4) is 0 Å². The van der Waals surface area contributed by atoms with Crippen molar-refractivity contribution in [1.29, 1.82) is 0 Å². The number of amides is 2. The lowest BCUT2D eigenvalue weighted by atomic mass is 9.97. The molecule has 0 bridgehead atoms. The first-order valence-electron chi connectivity index (χ1n) is 8.78. The molecule has 0 spiro atoms.